The number of ether oxygens (including phenoxy) is 1. The fourth-order valence-electron chi connectivity index (χ4n) is 4.66. The number of benzene rings is 1. The molecule has 1 N–H and O–H groups in total. The van der Waals surface area contributed by atoms with Crippen molar-refractivity contribution in [3.8, 4) is 0 Å². The molecule has 0 bridgehead atoms. The van der Waals surface area contributed by atoms with E-state index in [1.54, 1.807) is 6.07 Å². The van der Waals surface area contributed by atoms with Gasteiger partial charge in [-0.1, -0.05) is 12.1 Å². The van der Waals surface area contributed by atoms with Gasteiger partial charge < -0.3 is 19.9 Å². The van der Waals surface area contributed by atoms with Crippen LogP contribution in [0, 0.1) is 5.82 Å². The van der Waals surface area contributed by atoms with E-state index in [-0.39, 0.29) is 23.8 Å². The molecule has 27 heavy (non-hydrogen) atoms. The normalized spacial score (nSPS) is 25.4. The number of likely N-dealkylation sites (tertiary alicyclic amines) is 1. The number of nitrogens with zero attached hydrogens (tertiary/aromatic N) is 2. The first-order chi connectivity index (χ1) is 13.1. The number of hydrogen-bond acceptors (Lipinski definition) is 3. The number of urea groups is 1. The van der Waals surface area contributed by atoms with Crippen LogP contribution in [-0.2, 0) is 14.9 Å². The number of rotatable bonds is 3. The molecule has 0 aromatic heterocycles. The molecule has 1 atom stereocenters. The largest absolute Gasteiger partial charge is 0.381 e. The second-order valence-corrected chi connectivity index (χ2v) is 7.68. The van der Waals surface area contributed by atoms with E-state index in [0.29, 0.717) is 52.2 Å². The predicted molar refractivity (Wildman–Crippen MR) is 97.8 cm³/mol. The Morgan fingerprint density at radius 3 is 2.78 bits per heavy atom. The average molecular weight is 375 g/mol. The Morgan fingerprint density at radius 1 is 1.26 bits per heavy atom. The van der Waals surface area contributed by atoms with E-state index in [4.69, 9.17) is 4.74 Å². The Morgan fingerprint density at radius 2 is 2.07 bits per heavy atom. The van der Waals surface area contributed by atoms with Crippen LogP contribution in [0.5, 0.6) is 0 Å². The van der Waals surface area contributed by atoms with E-state index in [2.05, 4.69) is 5.32 Å². The van der Waals surface area contributed by atoms with Crippen molar-refractivity contribution in [3.05, 3.63) is 35.6 Å². The van der Waals surface area contributed by atoms with Gasteiger partial charge in [-0.15, -0.1) is 0 Å². The van der Waals surface area contributed by atoms with E-state index in [9.17, 15) is 14.0 Å². The molecule has 7 heteroatoms. The van der Waals surface area contributed by atoms with Gasteiger partial charge in [-0.25, -0.2) is 9.18 Å². The highest BCUT2D eigenvalue weighted by Crippen LogP contribution is 2.38. The van der Waals surface area contributed by atoms with Gasteiger partial charge in [0.25, 0.3) is 0 Å². The molecule has 1 unspecified atom stereocenters. The van der Waals surface area contributed by atoms with Crippen LogP contribution in [-0.4, -0.2) is 67.2 Å². The molecular weight excluding hydrogens is 349 g/mol. The molecule has 0 spiro atoms. The molecule has 1 aromatic carbocycles. The Kier molecular flexibility index (Phi) is 5.04. The standard InChI is InChI=1S/C20H26FN3O3/c21-16-4-1-3-15(13-16)20(6-11-27-12-7-20)18(25)23-9-2-5-17(14-23)24-10-8-22-19(24)26/h1,3-4,13,17H,2,5-12,14H2,(H,22,26). The van der Waals surface area contributed by atoms with Gasteiger partial charge in [0.15, 0.2) is 0 Å². The fourth-order valence-corrected chi connectivity index (χ4v) is 4.66. The van der Waals surface area contributed by atoms with Crippen molar-refractivity contribution in [2.24, 2.45) is 0 Å². The smallest absolute Gasteiger partial charge is 0.317 e. The van der Waals surface area contributed by atoms with Crippen molar-refractivity contribution in [3.63, 3.8) is 0 Å². The molecule has 0 aliphatic carbocycles. The molecule has 1 aromatic rings. The number of nitrogens with one attached hydrogen (secondary N) is 1. The lowest BCUT2D eigenvalue weighted by molar-refractivity contribution is -0.143. The van der Waals surface area contributed by atoms with Crippen molar-refractivity contribution in [2.45, 2.75) is 37.1 Å². The second-order valence-electron chi connectivity index (χ2n) is 7.68. The van der Waals surface area contributed by atoms with Gasteiger partial charge in [-0.2, -0.15) is 0 Å². The number of carbonyl (C=O) groups is 2. The average Bonchev–Trinajstić information content (AvgIpc) is 3.14. The number of hydrogen-bond donors (Lipinski definition) is 1. The van der Waals surface area contributed by atoms with Gasteiger partial charge in [0.05, 0.1) is 11.5 Å². The van der Waals surface area contributed by atoms with E-state index < -0.39 is 5.41 Å². The van der Waals surface area contributed by atoms with Crippen molar-refractivity contribution in [1.82, 2.24) is 15.1 Å². The molecule has 4 rings (SSSR count). The number of amides is 3. The van der Waals surface area contributed by atoms with Crippen molar-refractivity contribution in [2.75, 3.05) is 39.4 Å². The lowest BCUT2D eigenvalue weighted by Gasteiger charge is -2.44. The topological polar surface area (TPSA) is 61.9 Å². The third kappa shape index (κ3) is 3.40. The summed E-state index contributed by atoms with van der Waals surface area (Å²) in [4.78, 5) is 29.4. The molecule has 146 valence electrons. The molecule has 3 saturated heterocycles. The van der Waals surface area contributed by atoms with Gasteiger partial charge in [-0.05, 0) is 43.4 Å². The minimum absolute atomic E-state index is 0.0415. The van der Waals surface area contributed by atoms with Gasteiger partial charge in [0.1, 0.15) is 5.82 Å². The van der Waals surface area contributed by atoms with E-state index in [1.807, 2.05) is 15.9 Å². The Balaban J connectivity index is 1.58. The van der Waals surface area contributed by atoms with Crippen LogP contribution in [0.25, 0.3) is 0 Å². The van der Waals surface area contributed by atoms with Crippen LogP contribution in [0.3, 0.4) is 0 Å². The zero-order valence-electron chi connectivity index (χ0n) is 15.5. The second kappa shape index (κ2) is 7.46. The van der Waals surface area contributed by atoms with Gasteiger partial charge in [-0.3, -0.25) is 4.79 Å². The summed E-state index contributed by atoms with van der Waals surface area (Å²) in [6, 6.07) is 6.42. The summed E-state index contributed by atoms with van der Waals surface area (Å²) in [5, 5.41) is 2.84. The van der Waals surface area contributed by atoms with E-state index in [0.717, 1.165) is 18.4 Å². The number of carbonyl (C=O) groups excluding carboxylic acids is 2. The van der Waals surface area contributed by atoms with Gasteiger partial charge >= 0.3 is 6.03 Å². The summed E-state index contributed by atoms with van der Waals surface area (Å²) in [6.07, 6.45) is 2.89. The molecule has 3 fully saturated rings. The summed E-state index contributed by atoms with van der Waals surface area (Å²) in [6.45, 7) is 3.57. The van der Waals surface area contributed by atoms with Crippen molar-refractivity contribution in [1.29, 1.82) is 0 Å². The first-order valence-corrected chi connectivity index (χ1v) is 9.78. The molecular formula is C20H26FN3O3. The zero-order valence-corrected chi connectivity index (χ0v) is 15.5. The highest BCUT2D eigenvalue weighted by molar-refractivity contribution is 5.88. The Hall–Kier alpha value is -2.15. The van der Waals surface area contributed by atoms with Crippen LogP contribution >= 0.6 is 0 Å². The quantitative estimate of drug-likeness (QED) is 0.878. The lowest BCUT2D eigenvalue weighted by Crippen LogP contribution is -2.56. The molecule has 0 saturated carbocycles. The minimum atomic E-state index is -0.741. The maximum absolute atomic E-state index is 13.9. The van der Waals surface area contributed by atoms with E-state index >= 15 is 0 Å². The molecule has 6 nitrogen and oxygen atoms in total. The van der Waals surface area contributed by atoms with Crippen LogP contribution < -0.4 is 5.32 Å². The fraction of sp³-hybridized carbons (Fsp3) is 0.600. The Labute approximate surface area is 158 Å². The highest BCUT2D eigenvalue weighted by atomic mass is 19.1. The summed E-state index contributed by atoms with van der Waals surface area (Å²) in [5.74, 6) is -0.280. The van der Waals surface area contributed by atoms with Gasteiger partial charge in [0, 0.05) is 39.4 Å². The summed E-state index contributed by atoms with van der Waals surface area (Å²) in [5.41, 5.74) is -0.00738. The summed E-state index contributed by atoms with van der Waals surface area (Å²) >= 11 is 0. The van der Waals surface area contributed by atoms with E-state index in [1.165, 1.54) is 12.1 Å². The summed E-state index contributed by atoms with van der Waals surface area (Å²) < 4.78 is 19.4. The van der Waals surface area contributed by atoms with Crippen LogP contribution in [0.4, 0.5) is 9.18 Å². The lowest BCUT2D eigenvalue weighted by atomic mass is 9.72. The third-order valence-corrected chi connectivity index (χ3v) is 6.15. The summed E-state index contributed by atoms with van der Waals surface area (Å²) in [7, 11) is 0. The Bertz CT molecular complexity index is 720. The highest BCUT2D eigenvalue weighted by Gasteiger charge is 2.45. The first-order valence-electron chi connectivity index (χ1n) is 9.78. The monoisotopic (exact) mass is 375 g/mol. The number of piperidine rings is 1. The number of halogens is 1. The maximum Gasteiger partial charge on any atom is 0.317 e. The minimum Gasteiger partial charge on any atom is -0.381 e. The molecule has 3 aliphatic rings. The van der Waals surface area contributed by atoms with Crippen LogP contribution in [0.1, 0.15) is 31.2 Å². The zero-order chi connectivity index (χ0) is 18.9. The van der Waals surface area contributed by atoms with Gasteiger partial charge in [0.2, 0.25) is 5.91 Å². The maximum atomic E-state index is 13.9. The molecule has 3 amide bonds. The first kappa shape index (κ1) is 18.2. The third-order valence-electron chi connectivity index (χ3n) is 6.15. The van der Waals surface area contributed by atoms with Crippen molar-refractivity contribution >= 4 is 11.9 Å². The predicted octanol–water partition coefficient (Wildman–Crippen LogP) is 1.89. The molecule has 3 aliphatic heterocycles. The molecule has 3 heterocycles. The van der Waals surface area contributed by atoms with Crippen LogP contribution in [0.2, 0.25) is 0 Å². The molecule has 0 radical (unpaired) electrons. The SMILES string of the molecule is O=C1NCCN1C1CCCN(C(=O)C2(c3cccc(F)c3)CCOCC2)C1. The van der Waals surface area contributed by atoms with Crippen molar-refractivity contribution < 1.29 is 18.7 Å². The van der Waals surface area contributed by atoms with Crippen LogP contribution in [0.15, 0.2) is 24.3 Å².